The third-order valence-electron chi connectivity index (χ3n) is 9.65. The molecule has 0 aromatic rings. The van der Waals surface area contributed by atoms with Crippen molar-refractivity contribution in [2.24, 2.45) is 11.8 Å². The first-order valence-electron chi connectivity index (χ1n) is 19.1. The zero-order valence-corrected chi connectivity index (χ0v) is 37.5. The molecule has 0 aliphatic carbocycles. The molecule has 0 saturated carbocycles. The molecule has 0 aromatic carbocycles. The molecule has 4 N–H and O–H groups in total. The second-order valence-corrected chi connectivity index (χ2v) is 22.0. The van der Waals surface area contributed by atoms with Crippen LogP contribution in [0.25, 0.3) is 0 Å². The minimum atomic E-state index is -4.96. The van der Waals surface area contributed by atoms with Crippen LogP contribution in [0.15, 0.2) is 12.7 Å². The molecule has 20 nitrogen and oxygen atoms in total. The molecule has 0 amide bonds. The molecule has 0 bridgehead atoms. The van der Waals surface area contributed by atoms with Crippen LogP contribution >= 0.6 is 31.3 Å². The standard InChI is InChI=1S/C33H62O20P4/c1-11-25(49-57(40,41)51-27-14-22(6)47-31(27)18-44-56(38,39)53-33(8,9)10)32-28(15-23(7)48-32)52-55(36,37)43-17-30-26(13-21(5)46-30)50-54(34,35)42-16-29-24(19(2)3)12-20(4)45-29/h11,19-32H,1,12-18H2,2-10H3,(H,34,35)(H,36,37)(H,38,39)(H,40,41)/t20-,21-,22-,23-,24?,25?,26?,27?,28?,29+,30+,31+,32+/m0/s1. The van der Waals surface area contributed by atoms with Gasteiger partial charge in [-0.1, -0.05) is 19.9 Å². The molecular formula is C33H62O20P4. The second-order valence-electron chi connectivity index (χ2n) is 16.4. The Labute approximate surface area is 334 Å². The van der Waals surface area contributed by atoms with Gasteiger partial charge in [-0.3, -0.25) is 36.2 Å². The lowest BCUT2D eigenvalue weighted by atomic mass is 9.88. The maximum absolute atomic E-state index is 13.3. The van der Waals surface area contributed by atoms with Gasteiger partial charge in [0.2, 0.25) is 0 Å². The molecule has 4 saturated heterocycles. The normalized spacial score (nSPS) is 38.4. The van der Waals surface area contributed by atoms with Crippen molar-refractivity contribution in [2.45, 2.75) is 167 Å². The first kappa shape index (κ1) is 49.7. The maximum atomic E-state index is 13.3. The number of rotatable bonds is 21. The SMILES string of the molecule is C=CC(OP(=O)(O)OC1C[C@H](C)O[C@@H]1COP(=O)(O)OC(C)(C)C)[C@H]1O[C@@H](C)CC1OP(=O)(O)OC[C@H]1O[C@@H](C)CC1OP(=O)(O)OC[C@H]1O[C@@H](C)CC1C(C)C. The van der Waals surface area contributed by atoms with E-state index in [1.54, 1.807) is 41.5 Å². The number of hydrogen-bond acceptors (Lipinski definition) is 16. The summed E-state index contributed by atoms with van der Waals surface area (Å²) in [5.41, 5.74) is -0.998. The number of hydrogen-bond donors (Lipinski definition) is 4. The minimum absolute atomic E-state index is 0.0183. The van der Waals surface area contributed by atoms with Crippen LogP contribution in [0.1, 0.15) is 88.0 Å². The Balaban J connectivity index is 1.32. The summed E-state index contributed by atoms with van der Waals surface area (Å²) >= 11 is 0. The van der Waals surface area contributed by atoms with E-state index in [4.69, 9.17) is 55.1 Å². The van der Waals surface area contributed by atoms with Crippen LogP contribution in [0.5, 0.6) is 0 Å². The van der Waals surface area contributed by atoms with Gasteiger partial charge in [0.15, 0.2) is 0 Å². The summed E-state index contributed by atoms with van der Waals surface area (Å²) in [6, 6.07) is 0. The van der Waals surface area contributed by atoms with Gasteiger partial charge in [-0.2, -0.15) is 0 Å². The molecule has 0 aromatic heterocycles. The Morgan fingerprint density at radius 2 is 1.04 bits per heavy atom. The summed E-state index contributed by atoms with van der Waals surface area (Å²) in [6.45, 7) is 18.1. The van der Waals surface area contributed by atoms with Crippen molar-refractivity contribution in [2.75, 3.05) is 19.8 Å². The molecule has 334 valence electrons. The fraction of sp³-hybridized carbons (Fsp3) is 0.939. The van der Waals surface area contributed by atoms with Crippen molar-refractivity contribution in [1.82, 2.24) is 0 Å². The van der Waals surface area contributed by atoms with Crippen LogP contribution in [0.2, 0.25) is 0 Å². The van der Waals surface area contributed by atoms with Crippen LogP contribution in [-0.2, 0) is 73.4 Å². The third kappa shape index (κ3) is 15.7. The number of phosphoric acid groups is 4. The highest BCUT2D eigenvalue weighted by atomic mass is 31.2. The van der Waals surface area contributed by atoms with Gasteiger partial charge in [0.25, 0.3) is 0 Å². The van der Waals surface area contributed by atoms with Crippen molar-refractivity contribution in [3.05, 3.63) is 12.7 Å². The summed E-state index contributed by atoms with van der Waals surface area (Å²) in [6.07, 6.45) is -7.77. The van der Waals surface area contributed by atoms with E-state index in [1.807, 2.05) is 20.8 Å². The van der Waals surface area contributed by atoms with Crippen molar-refractivity contribution in [1.29, 1.82) is 0 Å². The minimum Gasteiger partial charge on any atom is -0.373 e. The lowest BCUT2D eigenvalue weighted by molar-refractivity contribution is -0.0582. The van der Waals surface area contributed by atoms with E-state index >= 15 is 0 Å². The third-order valence-corrected chi connectivity index (χ3v) is 14.0. The second kappa shape index (κ2) is 20.0. The van der Waals surface area contributed by atoms with Crippen LogP contribution < -0.4 is 0 Å². The summed E-state index contributed by atoms with van der Waals surface area (Å²) in [4.78, 5) is 42.2. The fourth-order valence-corrected chi connectivity index (χ4v) is 11.5. The first-order chi connectivity index (χ1) is 26.2. The van der Waals surface area contributed by atoms with E-state index in [9.17, 15) is 37.8 Å². The van der Waals surface area contributed by atoms with E-state index in [0.717, 1.165) is 12.5 Å². The zero-order valence-electron chi connectivity index (χ0n) is 33.9. The van der Waals surface area contributed by atoms with E-state index in [0.29, 0.717) is 0 Å². The smallest absolute Gasteiger partial charge is 0.373 e. The fourth-order valence-electron chi connectivity index (χ4n) is 7.34. The van der Waals surface area contributed by atoms with E-state index in [1.165, 1.54) is 0 Å². The average Bonchev–Trinajstić information content (AvgIpc) is 3.80. The highest BCUT2D eigenvalue weighted by Gasteiger charge is 2.48. The van der Waals surface area contributed by atoms with Crippen molar-refractivity contribution in [3.63, 3.8) is 0 Å². The Morgan fingerprint density at radius 1 is 0.632 bits per heavy atom. The van der Waals surface area contributed by atoms with E-state index in [2.05, 4.69) is 6.58 Å². The van der Waals surface area contributed by atoms with E-state index < -0.39 is 111 Å². The molecular weight excluding hydrogens is 840 g/mol. The predicted octanol–water partition coefficient (Wildman–Crippen LogP) is 5.96. The van der Waals surface area contributed by atoms with Crippen molar-refractivity contribution < 1.29 is 93.0 Å². The molecule has 4 aliphatic heterocycles. The summed E-state index contributed by atoms with van der Waals surface area (Å²) < 4.78 is 118. The van der Waals surface area contributed by atoms with Gasteiger partial charge >= 0.3 is 31.3 Å². The predicted molar refractivity (Wildman–Crippen MR) is 202 cm³/mol. The quantitative estimate of drug-likeness (QED) is 0.0765. The van der Waals surface area contributed by atoms with E-state index in [-0.39, 0.29) is 49.9 Å². The molecule has 0 spiro atoms. The highest BCUT2D eigenvalue weighted by Crippen LogP contribution is 2.54. The Hall–Kier alpha value is 0.0200. The average molecular weight is 903 g/mol. The summed E-state index contributed by atoms with van der Waals surface area (Å²) in [5.74, 6) is 0.408. The van der Waals surface area contributed by atoms with Gasteiger partial charge in [-0.05, 0) is 66.7 Å². The lowest BCUT2D eigenvalue weighted by Crippen LogP contribution is -2.37. The first-order valence-corrected chi connectivity index (χ1v) is 25.1. The van der Waals surface area contributed by atoms with Gasteiger partial charge in [-0.25, -0.2) is 18.3 Å². The molecule has 17 atom stereocenters. The molecule has 57 heavy (non-hydrogen) atoms. The summed E-state index contributed by atoms with van der Waals surface area (Å²) in [7, 11) is -19.0. The Morgan fingerprint density at radius 3 is 1.53 bits per heavy atom. The summed E-state index contributed by atoms with van der Waals surface area (Å²) in [5, 5.41) is 0. The number of phosphoric ester groups is 4. The van der Waals surface area contributed by atoms with Crippen molar-refractivity contribution >= 4 is 31.3 Å². The van der Waals surface area contributed by atoms with Crippen LogP contribution in [0.3, 0.4) is 0 Å². The van der Waals surface area contributed by atoms with Gasteiger partial charge in [0.05, 0.1) is 55.9 Å². The molecule has 4 fully saturated rings. The molecule has 9 unspecified atom stereocenters. The van der Waals surface area contributed by atoms with Crippen LogP contribution in [-0.4, -0.2) is 118 Å². The molecule has 24 heteroatoms. The maximum Gasteiger partial charge on any atom is 0.473 e. The van der Waals surface area contributed by atoms with Crippen LogP contribution in [0, 0.1) is 11.8 Å². The Kier molecular flexibility index (Phi) is 17.5. The van der Waals surface area contributed by atoms with Gasteiger partial charge in [0, 0.05) is 19.3 Å². The number of ether oxygens (including phenoxy) is 4. The monoisotopic (exact) mass is 902 g/mol. The topological polar surface area (TPSA) is 260 Å². The van der Waals surface area contributed by atoms with Gasteiger partial charge < -0.3 is 38.5 Å². The largest absolute Gasteiger partial charge is 0.473 e. The lowest BCUT2D eigenvalue weighted by Gasteiger charge is -2.29. The van der Waals surface area contributed by atoms with Gasteiger partial charge in [-0.15, -0.1) is 6.58 Å². The Bertz CT molecular complexity index is 1530. The highest BCUT2D eigenvalue weighted by molar-refractivity contribution is 7.48. The molecule has 4 aliphatic rings. The van der Waals surface area contributed by atoms with Crippen molar-refractivity contribution in [3.8, 4) is 0 Å². The zero-order chi connectivity index (χ0) is 42.7. The molecule has 4 heterocycles. The molecule has 0 radical (unpaired) electrons. The van der Waals surface area contributed by atoms with Crippen LogP contribution in [0.4, 0.5) is 0 Å². The molecule has 4 rings (SSSR count). The van der Waals surface area contributed by atoms with Gasteiger partial charge in [0.1, 0.15) is 42.7 Å².